The Hall–Kier alpha value is -0.260. The maximum atomic E-state index is 12.5. The van der Waals surface area contributed by atoms with Crippen molar-refractivity contribution in [1.82, 2.24) is 14.1 Å². The van der Waals surface area contributed by atoms with Gasteiger partial charge in [-0.25, -0.2) is 0 Å². The predicted molar refractivity (Wildman–Crippen MR) is 85.8 cm³/mol. The molecule has 2 aliphatic heterocycles. The molecule has 2 heterocycles. The summed E-state index contributed by atoms with van der Waals surface area (Å²) in [5, 5.41) is 0. The van der Waals surface area contributed by atoms with Gasteiger partial charge < -0.3 is 9.80 Å². The largest absolute Gasteiger partial charge is 0.342 e. The maximum Gasteiger partial charge on any atom is 0.225 e. The van der Waals surface area contributed by atoms with E-state index in [-0.39, 0.29) is 5.92 Å². The lowest BCUT2D eigenvalue weighted by Crippen LogP contribution is -2.49. The van der Waals surface area contributed by atoms with Gasteiger partial charge in [0.25, 0.3) is 0 Å². The molecule has 0 aliphatic carbocycles. The molecule has 4 nitrogen and oxygen atoms in total. The van der Waals surface area contributed by atoms with Crippen molar-refractivity contribution in [3.8, 4) is 0 Å². The first-order valence-corrected chi connectivity index (χ1v) is 8.52. The minimum absolute atomic E-state index is 0.239. The molecule has 0 N–H and O–H groups in total. The lowest BCUT2D eigenvalue weighted by Gasteiger charge is -2.39. The summed E-state index contributed by atoms with van der Waals surface area (Å²) in [6.45, 7) is 10.5. The van der Waals surface area contributed by atoms with Crippen molar-refractivity contribution in [2.45, 2.75) is 45.6 Å². The molecule has 0 saturated carbocycles. The van der Waals surface area contributed by atoms with E-state index in [1.54, 1.807) is 0 Å². The Morgan fingerprint density at radius 1 is 1.05 bits per heavy atom. The van der Waals surface area contributed by atoms with E-state index in [0.29, 0.717) is 11.9 Å². The van der Waals surface area contributed by atoms with E-state index in [2.05, 4.69) is 36.5 Å². The lowest BCUT2D eigenvalue weighted by molar-refractivity contribution is -0.138. The second-order valence-corrected chi connectivity index (χ2v) is 6.57. The summed E-state index contributed by atoms with van der Waals surface area (Å²) in [7, 11) is 0. The van der Waals surface area contributed by atoms with E-state index >= 15 is 0 Å². The van der Waals surface area contributed by atoms with Crippen molar-refractivity contribution in [2.75, 3.05) is 39.3 Å². The van der Waals surface area contributed by atoms with Crippen LogP contribution in [-0.2, 0) is 4.79 Å². The van der Waals surface area contributed by atoms with Gasteiger partial charge in [-0.1, -0.05) is 26.7 Å². The molecule has 20 heavy (non-hydrogen) atoms. The Morgan fingerprint density at radius 2 is 1.60 bits per heavy atom. The van der Waals surface area contributed by atoms with Gasteiger partial charge >= 0.3 is 0 Å². The molecule has 1 amide bonds. The summed E-state index contributed by atoms with van der Waals surface area (Å²) in [6.07, 6.45) is 4.22. The van der Waals surface area contributed by atoms with Gasteiger partial charge in [-0.2, -0.15) is 0 Å². The van der Waals surface area contributed by atoms with Gasteiger partial charge in [-0.05, 0) is 38.8 Å². The summed E-state index contributed by atoms with van der Waals surface area (Å²) in [5.41, 5.74) is 0. The molecule has 0 aromatic heterocycles. The van der Waals surface area contributed by atoms with Gasteiger partial charge in [0.1, 0.15) is 0 Å². The van der Waals surface area contributed by atoms with Gasteiger partial charge in [0.15, 0.2) is 0 Å². The van der Waals surface area contributed by atoms with E-state index < -0.39 is 0 Å². The molecular weight excluding hydrogens is 270 g/mol. The minimum atomic E-state index is 0.239. The monoisotopic (exact) mass is 299 g/mol. The molecule has 0 bridgehead atoms. The molecule has 2 aliphatic rings. The fourth-order valence-electron chi connectivity index (χ4n) is 3.56. The predicted octanol–water partition coefficient (Wildman–Crippen LogP) is 1.88. The van der Waals surface area contributed by atoms with Crippen molar-refractivity contribution in [3.63, 3.8) is 0 Å². The highest BCUT2D eigenvalue weighted by molar-refractivity contribution is 7.77. The molecule has 0 unspecified atom stereocenters. The SMILES string of the molecule is CCN(CC)C1CCN(C(=O)C2CCN(S)CC2)CC1. The van der Waals surface area contributed by atoms with Crippen LogP contribution < -0.4 is 0 Å². The Morgan fingerprint density at radius 3 is 2.10 bits per heavy atom. The number of nitrogens with zero attached hydrogens (tertiary/aromatic N) is 3. The molecule has 0 radical (unpaired) electrons. The second-order valence-electron chi connectivity index (χ2n) is 6.01. The third-order valence-electron chi connectivity index (χ3n) is 4.93. The molecule has 0 spiro atoms. The van der Waals surface area contributed by atoms with Crippen molar-refractivity contribution in [2.24, 2.45) is 5.92 Å². The zero-order chi connectivity index (χ0) is 14.5. The minimum Gasteiger partial charge on any atom is -0.342 e. The highest BCUT2D eigenvalue weighted by Gasteiger charge is 2.31. The van der Waals surface area contributed by atoms with E-state index in [9.17, 15) is 4.79 Å². The van der Waals surface area contributed by atoms with Crippen molar-refractivity contribution >= 4 is 18.7 Å². The number of rotatable bonds is 4. The number of likely N-dealkylation sites (tertiary alicyclic amines) is 1. The van der Waals surface area contributed by atoms with Gasteiger partial charge in [0, 0.05) is 38.1 Å². The molecule has 2 rings (SSSR count). The number of piperidine rings is 2. The van der Waals surface area contributed by atoms with Crippen LogP contribution in [0.25, 0.3) is 0 Å². The summed E-state index contributed by atoms with van der Waals surface area (Å²) in [6, 6.07) is 0.674. The molecule has 0 aromatic rings. The first kappa shape index (κ1) is 16.1. The average Bonchev–Trinajstić information content (AvgIpc) is 2.49. The standard InChI is InChI=1S/C15H29N3OS/c1-3-16(4-2)14-7-9-17(10-8-14)15(19)13-5-11-18(20)12-6-13/h13-14,20H,3-12H2,1-2H3. The molecule has 2 fully saturated rings. The number of carbonyl (C=O) groups is 1. The number of hydrogen-bond donors (Lipinski definition) is 1. The summed E-state index contributed by atoms with van der Waals surface area (Å²) in [5.74, 6) is 0.632. The van der Waals surface area contributed by atoms with Gasteiger partial charge in [-0.15, -0.1) is 0 Å². The van der Waals surface area contributed by atoms with Crippen LogP contribution in [0.2, 0.25) is 0 Å². The first-order chi connectivity index (χ1) is 9.65. The Balaban J connectivity index is 1.79. The number of carbonyl (C=O) groups excluding carboxylic acids is 1. The van der Waals surface area contributed by atoms with Crippen LogP contribution in [0.3, 0.4) is 0 Å². The smallest absolute Gasteiger partial charge is 0.225 e. The van der Waals surface area contributed by atoms with Gasteiger partial charge in [0.2, 0.25) is 5.91 Å². The highest BCUT2D eigenvalue weighted by Crippen LogP contribution is 2.23. The van der Waals surface area contributed by atoms with Crippen LogP contribution in [-0.4, -0.2) is 65.3 Å². The molecule has 0 aromatic carbocycles. The fourth-order valence-corrected chi connectivity index (χ4v) is 3.79. The third kappa shape index (κ3) is 3.89. The fraction of sp³-hybridized carbons (Fsp3) is 0.933. The zero-order valence-electron chi connectivity index (χ0n) is 12.9. The van der Waals surface area contributed by atoms with Gasteiger partial charge in [-0.3, -0.25) is 9.10 Å². The topological polar surface area (TPSA) is 26.8 Å². The van der Waals surface area contributed by atoms with Crippen molar-refractivity contribution in [3.05, 3.63) is 0 Å². The van der Waals surface area contributed by atoms with Crippen molar-refractivity contribution in [1.29, 1.82) is 0 Å². The van der Waals surface area contributed by atoms with Crippen LogP contribution in [0, 0.1) is 5.92 Å². The average molecular weight is 299 g/mol. The van der Waals surface area contributed by atoms with E-state index in [4.69, 9.17) is 0 Å². The Labute approximate surface area is 129 Å². The Kier molecular flexibility index (Phi) is 6.18. The zero-order valence-corrected chi connectivity index (χ0v) is 13.8. The van der Waals surface area contributed by atoms with E-state index in [1.165, 1.54) is 0 Å². The quantitative estimate of drug-likeness (QED) is 0.803. The summed E-state index contributed by atoms with van der Waals surface area (Å²) >= 11 is 4.36. The molecule has 5 heteroatoms. The van der Waals surface area contributed by atoms with E-state index in [1.807, 2.05) is 4.31 Å². The molecular formula is C15H29N3OS. The highest BCUT2D eigenvalue weighted by atomic mass is 32.1. The summed E-state index contributed by atoms with van der Waals surface area (Å²) in [4.78, 5) is 17.2. The van der Waals surface area contributed by atoms with Crippen LogP contribution in [0.5, 0.6) is 0 Å². The van der Waals surface area contributed by atoms with Crippen LogP contribution in [0.1, 0.15) is 39.5 Å². The number of amides is 1. The van der Waals surface area contributed by atoms with Crippen LogP contribution in [0.4, 0.5) is 0 Å². The first-order valence-electron chi connectivity index (χ1n) is 8.12. The van der Waals surface area contributed by atoms with Crippen LogP contribution >= 0.6 is 12.8 Å². The second kappa shape index (κ2) is 7.66. The van der Waals surface area contributed by atoms with Gasteiger partial charge in [0.05, 0.1) is 0 Å². The lowest BCUT2D eigenvalue weighted by atomic mass is 9.94. The summed E-state index contributed by atoms with van der Waals surface area (Å²) < 4.78 is 2.02. The molecule has 0 atom stereocenters. The molecule has 2 saturated heterocycles. The van der Waals surface area contributed by atoms with E-state index in [0.717, 1.165) is 65.0 Å². The Bertz CT molecular complexity index is 306. The number of thiol groups is 1. The van der Waals surface area contributed by atoms with Crippen molar-refractivity contribution < 1.29 is 4.79 Å². The normalized spacial score (nSPS) is 23.5. The van der Waals surface area contributed by atoms with Crippen LogP contribution in [0.15, 0.2) is 0 Å². The third-order valence-corrected chi connectivity index (χ3v) is 5.33. The molecule has 116 valence electrons. The maximum absolute atomic E-state index is 12.5. The number of hydrogen-bond acceptors (Lipinski definition) is 4.